The van der Waals surface area contributed by atoms with Crippen molar-refractivity contribution < 1.29 is 22.7 Å². The minimum atomic E-state index is -4.47. The largest absolute Gasteiger partial charge is 0.417 e. The molecule has 1 atom stereocenters. The first-order valence-electron chi connectivity index (χ1n) is 8.90. The summed E-state index contributed by atoms with van der Waals surface area (Å²) in [5.41, 5.74) is 0.551. The molecule has 0 aliphatic heterocycles. The van der Waals surface area contributed by atoms with Gasteiger partial charge < -0.3 is 10.1 Å². The first-order chi connectivity index (χ1) is 13.8. The number of benzene rings is 2. The summed E-state index contributed by atoms with van der Waals surface area (Å²) < 4.78 is 46.7. The van der Waals surface area contributed by atoms with Crippen LogP contribution in [0.25, 0.3) is 16.8 Å². The number of alkyl halides is 3. The lowest BCUT2D eigenvalue weighted by Crippen LogP contribution is -2.36. The SMILES string of the molecule is COC[C@@H](C)NC(=O)c1cncn1-c1cccc(-c2ccccc2C(F)(F)F)c1. The fourth-order valence-electron chi connectivity index (χ4n) is 3.06. The molecule has 3 aromatic rings. The van der Waals surface area contributed by atoms with Gasteiger partial charge in [0.2, 0.25) is 0 Å². The molecule has 0 aliphatic rings. The summed E-state index contributed by atoms with van der Waals surface area (Å²) in [4.78, 5) is 16.6. The fraction of sp³-hybridized carbons (Fsp3) is 0.238. The van der Waals surface area contributed by atoms with E-state index in [0.717, 1.165) is 6.07 Å². The highest BCUT2D eigenvalue weighted by atomic mass is 19.4. The molecule has 0 spiro atoms. The Morgan fingerprint density at radius 1 is 1.21 bits per heavy atom. The standard InChI is InChI=1S/C21H20F3N3O2/c1-14(12-29-2)26-20(28)19-11-25-13-27(19)16-7-5-6-15(10-16)17-8-3-4-9-18(17)21(22,23)24/h3-11,13-14H,12H2,1-2H3,(H,26,28)/t14-/m1/s1. The van der Waals surface area contributed by atoms with Crippen LogP contribution in [-0.2, 0) is 10.9 Å². The summed E-state index contributed by atoms with van der Waals surface area (Å²) in [6.45, 7) is 2.15. The van der Waals surface area contributed by atoms with Gasteiger partial charge in [-0.25, -0.2) is 4.98 Å². The van der Waals surface area contributed by atoms with Crippen LogP contribution in [0, 0.1) is 0 Å². The maximum atomic E-state index is 13.4. The molecule has 0 bridgehead atoms. The van der Waals surface area contributed by atoms with Crippen molar-refractivity contribution in [3.8, 4) is 16.8 Å². The molecule has 0 saturated heterocycles. The zero-order valence-electron chi connectivity index (χ0n) is 15.9. The Balaban J connectivity index is 1.97. The van der Waals surface area contributed by atoms with E-state index >= 15 is 0 Å². The van der Waals surface area contributed by atoms with Crippen LogP contribution in [0.5, 0.6) is 0 Å². The molecule has 29 heavy (non-hydrogen) atoms. The number of nitrogens with one attached hydrogen (secondary N) is 1. The van der Waals surface area contributed by atoms with Crippen molar-refractivity contribution in [3.05, 3.63) is 72.3 Å². The average molecular weight is 403 g/mol. The van der Waals surface area contributed by atoms with Gasteiger partial charge in [-0.1, -0.05) is 30.3 Å². The highest BCUT2D eigenvalue weighted by molar-refractivity contribution is 5.93. The molecule has 1 aromatic heterocycles. The number of hydrogen-bond acceptors (Lipinski definition) is 3. The van der Waals surface area contributed by atoms with Crippen LogP contribution in [0.1, 0.15) is 23.0 Å². The van der Waals surface area contributed by atoms with Crippen LogP contribution in [-0.4, -0.2) is 35.2 Å². The van der Waals surface area contributed by atoms with Gasteiger partial charge in [-0.2, -0.15) is 13.2 Å². The van der Waals surface area contributed by atoms with E-state index in [0.29, 0.717) is 17.9 Å². The molecule has 0 aliphatic carbocycles. The topological polar surface area (TPSA) is 56.1 Å². The van der Waals surface area contributed by atoms with Crippen molar-refractivity contribution in [1.82, 2.24) is 14.9 Å². The summed E-state index contributed by atoms with van der Waals surface area (Å²) in [5, 5.41) is 2.80. The first kappa shape index (κ1) is 20.6. The summed E-state index contributed by atoms with van der Waals surface area (Å²) >= 11 is 0. The van der Waals surface area contributed by atoms with Gasteiger partial charge in [-0.05, 0) is 36.2 Å². The van der Waals surface area contributed by atoms with Gasteiger partial charge in [-0.3, -0.25) is 9.36 Å². The molecule has 1 N–H and O–H groups in total. The normalized spacial score (nSPS) is 12.6. The molecule has 3 rings (SSSR count). The summed E-state index contributed by atoms with van der Waals surface area (Å²) in [5.74, 6) is -0.354. The molecule has 1 heterocycles. The highest BCUT2D eigenvalue weighted by Gasteiger charge is 2.33. The average Bonchev–Trinajstić information content (AvgIpc) is 3.18. The predicted octanol–water partition coefficient (Wildman–Crippen LogP) is 4.32. The van der Waals surface area contributed by atoms with Crippen LogP contribution < -0.4 is 5.32 Å². The number of methoxy groups -OCH3 is 1. The van der Waals surface area contributed by atoms with Gasteiger partial charge in [0.25, 0.3) is 5.91 Å². The lowest BCUT2D eigenvalue weighted by Gasteiger charge is -2.15. The van der Waals surface area contributed by atoms with Crippen molar-refractivity contribution in [1.29, 1.82) is 0 Å². The summed E-state index contributed by atoms with van der Waals surface area (Å²) in [6.07, 6.45) is -1.61. The number of imidazole rings is 1. The van der Waals surface area contributed by atoms with Gasteiger partial charge in [0.05, 0.1) is 24.7 Å². The van der Waals surface area contributed by atoms with Gasteiger partial charge in [0.15, 0.2) is 0 Å². The monoisotopic (exact) mass is 403 g/mol. The maximum absolute atomic E-state index is 13.4. The lowest BCUT2D eigenvalue weighted by molar-refractivity contribution is -0.137. The smallest absolute Gasteiger partial charge is 0.383 e. The van der Waals surface area contributed by atoms with E-state index in [-0.39, 0.29) is 23.2 Å². The lowest BCUT2D eigenvalue weighted by atomic mass is 9.99. The zero-order chi connectivity index (χ0) is 21.0. The van der Waals surface area contributed by atoms with Crippen LogP contribution in [0.2, 0.25) is 0 Å². The summed E-state index contributed by atoms with van der Waals surface area (Å²) in [6, 6.07) is 11.7. The maximum Gasteiger partial charge on any atom is 0.417 e. The van der Waals surface area contributed by atoms with Gasteiger partial charge >= 0.3 is 6.18 Å². The Labute approximate surface area is 166 Å². The molecule has 0 saturated carbocycles. The van der Waals surface area contributed by atoms with E-state index in [1.54, 1.807) is 37.3 Å². The van der Waals surface area contributed by atoms with E-state index < -0.39 is 11.7 Å². The number of ether oxygens (including phenoxy) is 1. The van der Waals surface area contributed by atoms with E-state index in [4.69, 9.17) is 4.74 Å². The van der Waals surface area contributed by atoms with Crippen molar-refractivity contribution >= 4 is 5.91 Å². The molecule has 5 nitrogen and oxygen atoms in total. The molecule has 0 unspecified atom stereocenters. The predicted molar refractivity (Wildman–Crippen MR) is 103 cm³/mol. The Bertz CT molecular complexity index is 999. The number of carbonyl (C=O) groups is 1. The van der Waals surface area contributed by atoms with Gasteiger partial charge in [0.1, 0.15) is 5.69 Å². The van der Waals surface area contributed by atoms with E-state index in [1.165, 1.54) is 36.3 Å². The van der Waals surface area contributed by atoms with E-state index in [9.17, 15) is 18.0 Å². The molecule has 0 radical (unpaired) electrons. The molecule has 1 amide bonds. The van der Waals surface area contributed by atoms with Crippen molar-refractivity contribution in [2.75, 3.05) is 13.7 Å². The molecular weight excluding hydrogens is 383 g/mol. The molecule has 8 heteroatoms. The van der Waals surface area contributed by atoms with Crippen LogP contribution in [0.15, 0.2) is 61.1 Å². The second kappa shape index (κ2) is 8.48. The van der Waals surface area contributed by atoms with Crippen molar-refractivity contribution in [2.45, 2.75) is 19.1 Å². The Kier molecular flexibility index (Phi) is 6.03. The number of amides is 1. The Morgan fingerprint density at radius 2 is 1.97 bits per heavy atom. The zero-order valence-corrected chi connectivity index (χ0v) is 15.9. The van der Waals surface area contributed by atoms with Crippen LogP contribution in [0.3, 0.4) is 0 Å². The van der Waals surface area contributed by atoms with Crippen molar-refractivity contribution in [3.63, 3.8) is 0 Å². The number of nitrogens with zero attached hydrogens (tertiary/aromatic N) is 2. The van der Waals surface area contributed by atoms with Crippen LogP contribution >= 0.6 is 0 Å². The summed E-state index contributed by atoms with van der Waals surface area (Å²) in [7, 11) is 1.54. The van der Waals surface area contributed by atoms with Crippen molar-refractivity contribution in [2.24, 2.45) is 0 Å². The number of halogens is 3. The molecule has 2 aromatic carbocycles. The molecular formula is C21H20F3N3O2. The fourth-order valence-corrected chi connectivity index (χ4v) is 3.06. The van der Waals surface area contributed by atoms with E-state index in [1.807, 2.05) is 0 Å². The molecule has 152 valence electrons. The third-order valence-corrected chi connectivity index (χ3v) is 4.33. The minimum Gasteiger partial charge on any atom is -0.383 e. The highest BCUT2D eigenvalue weighted by Crippen LogP contribution is 2.37. The third kappa shape index (κ3) is 4.65. The Morgan fingerprint density at radius 3 is 2.69 bits per heavy atom. The third-order valence-electron chi connectivity index (χ3n) is 4.33. The number of carbonyl (C=O) groups excluding carboxylic acids is 1. The number of hydrogen-bond donors (Lipinski definition) is 1. The second-order valence-electron chi connectivity index (χ2n) is 6.57. The first-order valence-corrected chi connectivity index (χ1v) is 8.90. The Hall–Kier alpha value is -3.13. The van der Waals surface area contributed by atoms with Crippen LogP contribution in [0.4, 0.5) is 13.2 Å². The number of rotatable bonds is 6. The second-order valence-corrected chi connectivity index (χ2v) is 6.57. The molecule has 0 fully saturated rings. The van der Waals surface area contributed by atoms with E-state index in [2.05, 4.69) is 10.3 Å². The van der Waals surface area contributed by atoms with Gasteiger partial charge in [0, 0.05) is 18.8 Å². The van der Waals surface area contributed by atoms with Gasteiger partial charge in [-0.15, -0.1) is 0 Å². The quantitative estimate of drug-likeness (QED) is 0.667. The number of aromatic nitrogens is 2. The minimum absolute atomic E-state index is 0.0710.